The van der Waals surface area contributed by atoms with Crippen molar-refractivity contribution in [2.24, 2.45) is 5.73 Å². The third-order valence-electron chi connectivity index (χ3n) is 6.17. The number of aromatic nitrogens is 1. The van der Waals surface area contributed by atoms with Gasteiger partial charge in [0, 0.05) is 5.39 Å². The lowest BCUT2D eigenvalue weighted by Crippen LogP contribution is -2.16. The first-order valence-electron chi connectivity index (χ1n) is 12.3. The van der Waals surface area contributed by atoms with Crippen LogP contribution in [0, 0.1) is 5.82 Å². The van der Waals surface area contributed by atoms with E-state index >= 15 is 0 Å². The molecule has 0 aliphatic heterocycles. The Balaban J connectivity index is 1.49. The normalized spacial score (nSPS) is 11.5. The van der Waals surface area contributed by atoms with Crippen molar-refractivity contribution >= 4 is 39.1 Å². The van der Waals surface area contributed by atoms with Crippen molar-refractivity contribution in [2.75, 3.05) is 5.32 Å². The molecule has 2 aromatic carbocycles. The first kappa shape index (κ1) is 27.8. The van der Waals surface area contributed by atoms with Gasteiger partial charge in [-0.05, 0) is 65.6 Å². The number of alkyl halides is 3. The van der Waals surface area contributed by atoms with Crippen LogP contribution in [-0.2, 0) is 19.2 Å². The highest BCUT2D eigenvalue weighted by Gasteiger charge is 2.35. The van der Waals surface area contributed by atoms with Gasteiger partial charge in [0.25, 0.3) is 11.8 Å². The van der Waals surface area contributed by atoms with Crippen LogP contribution in [0.25, 0.3) is 21.3 Å². The zero-order valence-electron chi connectivity index (χ0n) is 21.3. The Morgan fingerprint density at radius 3 is 2.39 bits per heavy atom. The van der Waals surface area contributed by atoms with Crippen LogP contribution in [0.3, 0.4) is 0 Å². The maximum atomic E-state index is 13.7. The Hall–Kier alpha value is -4.71. The number of carbonyl (C=O) groups excluding carboxylic acids is 2. The summed E-state index contributed by atoms with van der Waals surface area (Å²) in [7, 11) is 0. The number of fused-ring (bicyclic) bond motifs is 1. The number of rotatable bonds is 8. The zero-order valence-corrected chi connectivity index (χ0v) is 22.2. The molecule has 3 aromatic heterocycles. The number of nitrogens with one attached hydrogen (secondary N) is 1. The van der Waals surface area contributed by atoms with E-state index in [0.29, 0.717) is 22.8 Å². The van der Waals surface area contributed by atoms with Gasteiger partial charge in [-0.3, -0.25) is 9.59 Å². The molecule has 3 N–H and O–H groups in total. The summed E-state index contributed by atoms with van der Waals surface area (Å²) < 4.78 is 65.9. The van der Waals surface area contributed by atoms with Crippen LogP contribution < -0.4 is 15.8 Å². The van der Waals surface area contributed by atoms with Gasteiger partial charge in [0.1, 0.15) is 39.3 Å². The molecule has 0 saturated carbocycles. The van der Waals surface area contributed by atoms with E-state index in [1.165, 1.54) is 24.3 Å². The van der Waals surface area contributed by atoms with Crippen LogP contribution in [0.4, 0.5) is 23.2 Å². The smallest absolute Gasteiger partial charge is 0.433 e. The minimum Gasteiger partial charge on any atom is -0.486 e. The number of halogens is 4. The second-order valence-corrected chi connectivity index (χ2v) is 9.92. The third kappa shape index (κ3) is 5.92. The van der Waals surface area contributed by atoms with Crippen molar-refractivity contribution in [1.82, 2.24) is 4.98 Å². The standard InChI is InChI=1S/C29H21F4N3O4S/c1-2-15-3-9-18(10-4-15)39-14-19-11-12-21(40-19)27(38)36-24-23-20(16-5-7-17(30)8-6-16)13-22(29(31,32)33)35-28(23)41-25(24)26(34)37/h3-13H,2,14H2,1H3,(H2,34,37)(H,36,38). The molecule has 0 radical (unpaired) electrons. The summed E-state index contributed by atoms with van der Waals surface area (Å²) in [6, 6.07) is 16.0. The molecule has 0 saturated heterocycles. The van der Waals surface area contributed by atoms with Gasteiger partial charge >= 0.3 is 6.18 Å². The van der Waals surface area contributed by atoms with Crippen LogP contribution in [0.5, 0.6) is 5.75 Å². The lowest BCUT2D eigenvalue weighted by Gasteiger charge is -2.12. The van der Waals surface area contributed by atoms with E-state index in [-0.39, 0.29) is 44.3 Å². The zero-order chi connectivity index (χ0) is 29.3. The molecule has 0 atom stereocenters. The van der Waals surface area contributed by atoms with Gasteiger partial charge in [0.05, 0.1) is 5.69 Å². The van der Waals surface area contributed by atoms with Crippen LogP contribution in [0.1, 0.15) is 44.2 Å². The van der Waals surface area contributed by atoms with Crippen molar-refractivity contribution < 1.29 is 36.3 Å². The number of ether oxygens (including phenoxy) is 1. The molecular formula is C29H21F4N3O4S. The molecule has 0 aliphatic rings. The van der Waals surface area contributed by atoms with Crippen molar-refractivity contribution in [2.45, 2.75) is 26.1 Å². The van der Waals surface area contributed by atoms with Crippen molar-refractivity contribution in [1.29, 1.82) is 0 Å². The minimum atomic E-state index is -4.81. The van der Waals surface area contributed by atoms with Gasteiger partial charge < -0.3 is 20.2 Å². The number of furan rings is 1. The van der Waals surface area contributed by atoms with E-state index in [9.17, 15) is 27.2 Å². The summed E-state index contributed by atoms with van der Waals surface area (Å²) in [6.07, 6.45) is -3.92. The molecule has 210 valence electrons. The van der Waals surface area contributed by atoms with E-state index in [0.717, 1.165) is 30.2 Å². The number of hydrogen-bond acceptors (Lipinski definition) is 6. The quantitative estimate of drug-likeness (QED) is 0.188. The number of nitrogens with two attached hydrogens (primary N) is 1. The number of carbonyl (C=O) groups is 2. The highest BCUT2D eigenvalue weighted by Crippen LogP contribution is 2.43. The Morgan fingerprint density at radius 2 is 1.76 bits per heavy atom. The average molecular weight is 584 g/mol. The fourth-order valence-electron chi connectivity index (χ4n) is 4.12. The molecule has 3 heterocycles. The molecule has 2 amide bonds. The Bertz CT molecular complexity index is 1740. The molecule has 0 spiro atoms. The molecule has 0 unspecified atom stereocenters. The molecular weight excluding hydrogens is 562 g/mol. The summed E-state index contributed by atoms with van der Waals surface area (Å²) >= 11 is 0.600. The number of hydrogen-bond donors (Lipinski definition) is 2. The topological polar surface area (TPSA) is 107 Å². The third-order valence-corrected chi connectivity index (χ3v) is 7.27. The summed E-state index contributed by atoms with van der Waals surface area (Å²) in [4.78, 5) is 28.7. The maximum absolute atomic E-state index is 13.7. The number of anilines is 1. The Kier molecular flexibility index (Phi) is 7.50. The number of primary amides is 1. The fourth-order valence-corrected chi connectivity index (χ4v) is 5.13. The summed E-state index contributed by atoms with van der Waals surface area (Å²) in [5.74, 6) is -1.55. The number of benzene rings is 2. The lowest BCUT2D eigenvalue weighted by molar-refractivity contribution is -0.140. The first-order chi connectivity index (χ1) is 19.5. The van der Waals surface area contributed by atoms with Crippen LogP contribution in [-0.4, -0.2) is 16.8 Å². The van der Waals surface area contributed by atoms with Gasteiger partial charge in [-0.2, -0.15) is 13.2 Å². The van der Waals surface area contributed by atoms with Crippen LogP contribution in [0.2, 0.25) is 0 Å². The van der Waals surface area contributed by atoms with E-state index < -0.39 is 29.5 Å². The molecule has 5 rings (SSSR count). The predicted octanol–water partition coefficient (Wildman–Crippen LogP) is 7.21. The molecule has 5 aromatic rings. The molecule has 0 bridgehead atoms. The Labute approximate surface area is 234 Å². The van der Waals surface area contributed by atoms with Crippen molar-refractivity contribution in [3.05, 3.63) is 100 Å². The molecule has 12 heteroatoms. The number of thiophene rings is 1. The monoisotopic (exact) mass is 583 g/mol. The van der Waals surface area contributed by atoms with Gasteiger partial charge in [-0.15, -0.1) is 11.3 Å². The summed E-state index contributed by atoms with van der Waals surface area (Å²) in [6.45, 7) is 2.07. The molecule has 7 nitrogen and oxygen atoms in total. The van der Waals surface area contributed by atoms with E-state index in [1.54, 1.807) is 0 Å². The van der Waals surface area contributed by atoms with Gasteiger partial charge in [0.2, 0.25) is 0 Å². The number of aryl methyl sites for hydroxylation is 1. The largest absolute Gasteiger partial charge is 0.486 e. The Morgan fingerprint density at radius 1 is 1.05 bits per heavy atom. The van der Waals surface area contributed by atoms with Crippen LogP contribution >= 0.6 is 11.3 Å². The van der Waals surface area contributed by atoms with Gasteiger partial charge in [-0.1, -0.05) is 31.2 Å². The summed E-state index contributed by atoms with van der Waals surface area (Å²) in [5, 5.41) is 2.60. The summed E-state index contributed by atoms with van der Waals surface area (Å²) in [5.41, 5.74) is 5.50. The van der Waals surface area contributed by atoms with E-state index in [1.807, 2.05) is 31.2 Å². The number of pyridine rings is 1. The highest BCUT2D eigenvalue weighted by molar-refractivity contribution is 7.21. The number of amides is 2. The van der Waals surface area contributed by atoms with Crippen LogP contribution in [0.15, 0.2) is 71.1 Å². The molecule has 0 aliphatic carbocycles. The molecule has 0 fully saturated rings. The number of nitrogens with zero attached hydrogens (tertiary/aromatic N) is 1. The SMILES string of the molecule is CCc1ccc(OCc2ccc(C(=O)Nc3c(C(N)=O)sc4nc(C(F)(F)F)cc(-c5ccc(F)cc5)c34)o2)cc1. The van der Waals surface area contributed by atoms with Crippen molar-refractivity contribution in [3.8, 4) is 16.9 Å². The van der Waals surface area contributed by atoms with Gasteiger partial charge in [-0.25, -0.2) is 9.37 Å². The highest BCUT2D eigenvalue weighted by atomic mass is 32.1. The second-order valence-electron chi connectivity index (χ2n) is 8.92. The fraction of sp³-hybridized carbons (Fsp3) is 0.138. The maximum Gasteiger partial charge on any atom is 0.433 e. The minimum absolute atomic E-state index is 0.0241. The van der Waals surface area contributed by atoms with E-state index in [2.05, 4.69) is 10.3 Å². The van der Waals surface area contributed by atoms with E-state index in [4.69, 9.17) is 14.9 Å². The average Bonchev–Trinajstić information content (AvgIpc) is 3.57. The predicted molar refractivity (Wildman–Crippen MR) is 145 cm³/mol. The van der Waals surface area contributed by atoms with Gasteiger partial charge in [0.15, 0.2) is 5.76 Å². The van der Waals surface area contributed by atoms with Crippen molar-refractivity contribution in [3.63, 3.8) is 0 Å². The molecule has 41 heavy (non-hydrogen) atoms. The first-order valence-corrected chi connectivity index (χ1v) is 13.1. The lowest BCUT2D eigenvalue weighted by atomic mass is 10.0. The second kappa shape index (κ2) is 11.0.